The highest BCUT2D eigenvalue weighted by atomic mass is 79.9. The predicted molar refractivity (Wildman–Crippen MR) is 124 cm³/mol. The molecule has 0 amide bonds. The lowest BCUT2D eigenvalue weighted by atomic mass is 10.1. The van der Waals surface area contributed by atoms with E-state index in [2.05, 4.69) is 35.9 Å². The van der Waals surface area contributed by atoms with Crippen molar-refractivity contribution in [2.45, 2.75) is 20.2 Å². The van der Waals surface area contributed by atoms with Crippen molar-refractivity contribution in [2.75, 3.05) is 24.4 Å². The van der Waals surface area contributed by atoms with Crippen molar-refractivity contribution in [1.82, 2.24) is 24.7 Å². The van der Waals surface area contributed by atoms with Crippen molar-refractivity contribution >= 4 is 32.0 Å². The maximum absolute atomic E-state index is 12.9. The van der Waals surface area contributed by atoms with Crippen LogP contribution < -0.4 is 18.9 Å². The summed E-state index contributed by atoms with van der Waals surface area (Å²) in [6.07, 6.45) is -4.00. The van der Waals surface area contributed by atoms with Gasteiger partial charge in [-0.05, 0) is 36.5 Å². The van der Waals surface area contributed by atoms with E-state index in [1.807, 2.05) is 4.72 Å². The van der Waals surface area contributed by atoms with Crippen molar-refractivity contribution in [3.63, 3.8) is 0 Å². The van der Waals surface area contributed by atoms with E-state index in [1.165, 1.54) is 11.6 Å². The molecule has 0 fully saturated rings. The molecule has 0 aliphatic heterocycles. The number of nitrogens with one attached hydrogen (secondary N) is 2. The topological polar surface area (TPSA) is 128 Å². The molecule has 0 unspecified atom stereocenters. The van der Waals surface area contributed by atoms with Gasteiger partial charge in [-0.3, -0.25) is 4.72 Å². The van der Waals surface area contributed by atoms with Gasteiger partial charge in [0.15, 0.2) is 5.82 Å². The number of hydrogen-bond acceptors (Lipinski definition) is 8. The molecule has 1 aromatic carbocycles. The normalized spacial score (nSPS) is 17.0. The Morgan fingerprint density at radius 1 is 1.09 bits per heavy atom. The quantitative estimate of drug-likeness (QED) is 0.359. The molecular formula is C20H23BrN6O4S. The third kappa shape index (κ3) is 6.84. The van der Waals surface area contributed by atoms with Crippen LogP contribution in [0.1, 0.15) is 33.9 Å². The number of anilines is 1. The van der Waals surface area contributed by atoms with Gasteiger partial charge in [-0.1, -0.05) is 34.9 Å². The van der Waals surface area contributed by atoms with Crippen LogP contribution in [0.15, 0.2) is 47.3 Å². The maximum atomic E-state index is 12.9. The first kappa shape index (κ1) is 13.0. The Morgan fingerprint density at radius 3 is 2.47 bits per heavy atom. The smallest absolute Gasteiger partial charge is 0.316 e. The number of halogens is 1. The van der Waals surface area contributed by atoms with Gasteiger partial charge in [0.2, 0.25) is 5.88 Å². The van der Waals surface area contributed by atoms with Gasteiger partial charge in [-0.2, -0.15) is 13.1 Å². The molecule has 0 radical (unpaired) electrons. The van der Waals surface area contributed by atoms with Crippen LogP contribution >= 0.6 is 15.9 Å². The summed E-state index contributed by atoms with van der Waals surface area (Å²) in [5.74, 6) is -1.40. The minimum Gasteiger partial charge on any atom is -0.473 e. The summed E-state index contributed by atoms with van der Waals surface area (Å²) >= 11 is 2.96. The summed E-state index contributed by atoms with van der Waals surface area (Å²) < 4.78 is 127. The highest BCUT2D eigenvalue weighted by molar-refractivity contribution is 9.10. The monoisotopic (exact) mass is 533 g/mol. The van der Waals surface area contributed by atoms with Crippen LogP contribution in [-0.4, -0.2) is 48.1 Å². The molecule has 0 saturated heterocycles. The Bertz CT molecular complexity index is 1630. The Kier molecular flexibility index (Phi) is 4.54. The number of ether oxygens (including phenoxy) is 2. The minimum absolute atomic E-state index is 0.206. The van der Waals surface area contributed by atoms with Crippen LogP contribution in [0.5, 0.6) is 11.9 Å². The third-order valence-corrected chi connectivity index (χ3v) is 4.57. The van der Waals surface area contributed by atoms with Crippen LogP contribution in [0.3, 0.4) is 0 Å². The standard InChI is InChI=1S/C20H23BrN6O4S/c1-3-8-26-32(28,29)27-18-17(15-4-6-16(21)7-5-15)19(25-13-24-18)30-9-10-31-20-22-11-14(2)12-23-20/h4-7,11-13,26H,3,8-10H2,1-2H3,(H,24,25,27)/i3D2,4D,5D,6D,7D,8D2,11D,12D,13D. The second-order valence-electron chi connectivity index (χ2n) is 5.68. The molecule has 2 N–H and O–H groups in total. The lowest BCUT2D eigenvalue weighted by molar-refractivity contribution is 0.202. The molecule has 3 rings (SSSR count). The van der Waals surface area contributed by atoms with Crippen LogP contribution in [0.2, 0.25) is 0 Å². The van der Waals surface area contributed by atoms with Gasteiger partial charge in [0.1, 0.15) is 20.9 Å². The molecule has 32 heavy (non-hydrogen) atoms. The van der Waals surface area contributed by atoms with Gasteiger partial charge in [-0.15, -0.1) is 0 Å². The zero-order chi connectivity index (χ0) is 32.7. The average Bonchev–Trinajstić information content (AvgIpc) is 2.87. The average molecular weight is 534 g/mol. The summed E-state index contributed by atoms with van der Waals surface area (Å²) in [6, 6.07) is -2.79. The molecule has 2 aromatic heterocycles. The summed E-state index contributed by atoms with van der Waals surface area (Å²) in [5, 5.41) is 0. The van der Waals surface area contributed by atoms with Crippen molar-refractivity contribution in [3.8, 4) is 23.0 Å². The van der Waals surface area contributed by atoms with Gasteiger partial charge >= 0.3 is 6.01 Å². The molecular weight excluding hydrogens is 500 g/mol. The SMILES string of the molecule is [2H]c1nc(NS(=O)(=O)NC([2H])([2H])C([2H])([2H])C)c(-c2c([2H])c([2H])c(Br)c([2H])c2[2H])c(OCCOc2nc([2H])c(C)c([2H])n2)n1. The summed E-state index contributed by atoms with van der Waals surface area (Å²) in [4.78, 5) is 15.0. The van der Waals surface area contributed by atoms with Gasteiger partial charge < -0.3 is 9.47 Å². The summed E-state index contributed by atoms with van der Waals surface area (Å²) in [7, 11) is -5.01. The van der Waals surface area contributed by atoms with E-state index in [0.717, 1.165) is 6.92 Å². The largest absolute Gasteiger partial charge is 0.473 e. The van der Waals surface area contributed by atoms with E-state index in [4.69, 9.17) is 24.6 Å². The van der Waals surface area contributed by atoms with Crippen molar-refractivity contribution in [2.24, 2.45) is 0 Å². The van der Waals surface area contributed by atoms with E-state index in [0.29, 0.717) is 0 Å². The molecule has 0 saturated carbocycles. The number of hydrogen-bond donors (Lipinski definition) is 2. The van der Waals surface area contributed by atoms with E-state index >= 15 is 0 Å². The number of rotatable bonds is 11. The van der Waals surface area contributed by atoms with Crippen molar-refractivity contribution in [3.05, 3.63) is 52.9 Å². The number of benzene rings is 1. The van der Waals surface area contributed by atoms with Crippen molar-refractivity contribution in [1.29, 1.82) is 0 Å². The molecule has 170 valence electrons. The second-order valence-corrected chi connectivity index (χ2v) is 7.88. The number of nitrogens with zero attached hydrogens (tertiary/aromatic N) is 4. The van der Waals surface area contributed by atoms with Gasteiger partial charge in [-0.25, -0.2) is 19.9 Å². The molecule has 0 bridgehead atoms. The molecule has 10 nitrogen and oxygen atoms in total. The van der Waals surface area contributed by atoms with Crippen LogP contribution in [0, 0.1) is 6.92 Å². The highest BCUT2D eigenvalue weighted by Crippen LogP contribution is 2.34. The third-order valence-electron chi connectivity index (χ3n) is 3.34. The van der Waals surface area contributed by atoms with E-state index < -0.39 is 83.0 Å². The fourth-order valence-electron chi connectivity index (χ4n) is 2.08. The molecule has 0 aliphatic carbocycles. The fourth-order valence-corrected chi connectivity index (χ4v) is 2.97. The minimum atomic E-state index is -5.01. The summed E-state index contributed by atoms with van der Waals surface area (Å²) in [5.41, 5.74) is -0.876. The lowest BCUT2D eigenvalue weighted by Gasteiger charge is -2.15. The first-order valence-corrected chi connectivity index (χ1v) is 11.0. The molecule has 2 heterocycles. The molecule has 3 aromatic rings. The van der Waals surface area contributed by atoms with Crippen LogP contribution in [0.4, 0.5) is 5.82 Å². The van der Waals surface area contributed by atoms with E-state index in [9.17, 15) is 8.42 Å². The highest BCUT2D eigenvalue weighted by Gasteiger charge is 2.19. The molecule has 12 heteroatoms. The zero-order valence-electron chi connectivity index (χ0n) is 27.6. The first-order chi connectivity index (χ1) is 19.7. The zero-order valence-corrected chi connectivity index (χ0v) is 19.0. The fraction of sp³-hybridized carbons (Fsp3) is 0.300. The number of aromatic nitrogens is 4. The summed E-state index contributed by atoms with van der Waals surface area (Å²) in [6.45, 7) is -1.60. The van der Waals surface area contributed by atoms with E-state index in [1.54, 1.807) is 0 Å². The predicted octanol–water partition coefficient (Wildman–Crippen LogP) is 3.12. The molecule has 0 spiro atoms. The van der Waals surface area contributed by atoms with Gasteiger partial charge in [0, 0.05) is 28.8 Å². The Labute approximate surface area is 210 Å². The van der Waals surface area contributed by atoms with E-state index in [-0.39, 0.29) is 35.0 Å². The second kappa shape index (κ2) is 11.2. The lowest BCUT2D eigenvalue weighted by Crippen LogP contribution is -2.31. The van der Waals surface area contributed by atoms with Crippen LogP contribution in [-0.2, 0) is 10.2 Å². The maximum Gasteiger partial charge on any atom is 0.316 e. The first-order valence-electron chi connectivity index (χ1n) is 14.2. The van der Waals surface area contributed by atoms with Gasteiger partial charge in [0.05, 0.1) is 13.8 Å². The molecule has 0 aliphatic rings. The van der Waals surface area contributed by atoms with Crippen molar-refractivity contribution < 1.29 is 33.0 Å². The Balaban J connectivity index is 2.10. The Hall–Kier alpha value is -2.83. The van der Waals surface area contributed by atoms with Crippen LogP contribution in [0.25, 0.3) is 11.1 Å². The molecule has 0 atom stereocenters. The Morgan fingerprint density at radius 2 is 1.78 bits per heavy atom. The van der Waals surface area contributed by atoms with Gasteiger partial charge in [0.25, 0.3) is 10.2 Å².